The van der Waals surface area contributed by atoms with Crippen molar-refractivity contribution in [2.24, 2.45) is 22.2 Å². The van der Waals surface area contributed by atoms with E-state index in [2.05, 4.69) is 5.16 Å². The molecule has 0 atom stereocenters. The number of hydrogen-bond acceptors (Lipinski definition) is 5. The van der Waals surface area contributed by atoms with Crippen LogP contribution in [0.3, 0.4) is 0 Å². The number of rotatable bonds is 3. The zero-order chi connectivity index (χ0) is 15.8. The fourth-order valence-corrected chi connectivity index (χ4v) is 4.07. The largest absolute Gasteiger partial charge is 0.409 e. The summed E-state index contributed by atoms with van der Waals surface area (Å²) in [6.07, 6.45) is 2.29. The van der Waals surface area contributed by atoms with Crippen molar-refractivity contribution in [1.29, 1.82) is 0 Å². The Morgan fingerprint density at radius 3 is 2.19 bits per heavy atom. The van der Waals surface area contributed by atoms with Gasteiger partial charge in [0.25, 0.3) is 0 Å². The Bertz CT molecular complexity index is 546. The molecule has 8 nitrogen and oxygen atoms in total. The molecule has 0 bridgehead atoms. The molecule has 0 radical (unpaired) electrons. The molecule has 21 heavy (non-hydrogen) atoms. The van der Waals surface area contributed by atoms with Crippen molar-refractivity contribution >= 4 is 21.8 Å². The van der Waals surface area contributed by atoms with Gasteiger partial charge in [0.1, 0.15) is 5.41 Å². The summed E-state index contributed by atoms with van der Waals surface area (Å²) >= 11 is 0. The fourth-order valence-electron chi connectivity index (χ4n) is 3.24. The standard InChI is InChI=1S/C12H22N4O4S/c1-9-7-12(8-9,10(13)14-18)11(17)15-3-5-16(6-4-15)21(2,19)20/h9,18H,3-8H2,1-2H3,(H2,13,14). The lowest BCUT2D eigenvalue weighted by Crippen LogP contribution is -2.61. The molecule has 1 saturated carbocycles. The van der Waals surface area contributed by atoms with Gasteiger partial charge in [-0.3, -0.25) is 4.79 Å². The quantitative estimate of drug-likeness (QED) is 0.307. The number of amidine groups is 1. The Hall–Kier alpha value is -1.35. The highest BCUT2D eigenvalue weighted by molar-refractivity contribution is 7.88. The predicted octanol–water partition coefficient (Wildman–Crippen LogP) is -0.747. The number of carbonyl (C=O) groups is 1. The van der Waals surface area contributed by atoms with Crippen LogP contribution in [0.4, 0.5) is 0 Å². The van der Waals surface area contributed by atoms with Crippen molar-refractivity contribution < 1.29 is 18.4 Å². The number of piperazine rings is 1. The minimum absolute atomic E-state index is 0.0452. The second-order valence-corrected chi connectivity index (χ2v) is 8.02. The van der Waals surface area contributed by atoms with Gasteiger partial charge in [-0.05, 0) is 18.8 Å². The molecule has 2 rings (SSSR count). The van der Waals surface area contributed by atoms with E-state index in [4.69, 9.17) is 10.9 Å². The maximum atomic E-state index is 12.7. The average Bonchev–Trinajstić information content (AvgIpc) is 2.41. The van der Waals surface area contributed by atoms with Crippen molar-refractivity contribution in [3.8, 4) is 0 Å². The van der Waals surface area contributed by atoms with Gasteiger partial charge < -0.3 is 15.8 Å². The SMILES string of the molecule is CC1CC(C(=O)N2CCN(S(C)(=O)=O)CC2)(C(N)=NO)C1. The molecule has 2 aliphatic rings. The van der Waals surface area contributed by atoms with Crippen molar-refractivity contribution in [3.05, 3.63) is 0 Å². The second kappa shape index (κ2) is 5.45. The first-order valence-corrected chi connectivity index (χ1v) is 8.78. The van der Waals surface area contributed by atoms with Crippen LogP contribution in [0.15, 0.2) is 5.16 Å². The van der Waals surface area contributed by atoms with Gasteiger partial charge in [-0.1, -0.05) is 12.1 Å². The summed E-state index contributed by atoms with van der Waals surface area (Å²) in [5.41, 5.74) is 4.81. The Kier molecular flexibility index (Phi) is 4.16. The van der Waals surface area contributed by atoms with E-state index in [1.165, 1.54) is 4.31 Å². The lowest BCUT2D eigenvalue weighted by Gasteiger charge is -2.47. The molecule has 1 saturated heterocycles. The number of nitrogens with two attached hydrogens (primary N) is 1. The lowest BCUT2D eigenvalue weighted by molar-refractivity contribution is -0.145. The van der Waals surface area contributed by atoms with Gasteiger partial charge in [-0.15, -0.1) is 0 Å². The van der Waals surface area contributed by atoms with E-state index in [0.717, 1.165) is 6.26 Å². The van der Waals surface area contributed by atoms with E-state index in [-0.39, 0.29) is 24.8 Å². The van der Waals surface area contributed by atoms with Gasteiger partial charge in [-0.2, -0.15) is 4.31 Å². The zero-order valence-electron chi connectivity index (χ0n) is 12.3. The minimum Gasteiger partial charge on any atom is -0.409 e. The molecule has 0 unspecified atom stereocenters. The van der Waals surface area contributed by atoms with Crippen molar-refractivity contribution in [3.63, 3.8) is 0 Å². The van der Waals surface area contributed by atoms with Gasteiger partial charge in [0.2, 0.25) is 15.9 Å². The van der Waals surface area contributed by atoms with Crippen LogP contribution in [0.1, 0.15) is 19.8 Å². The second-order valence-electron chi connectivity index (χ2n) is 6.04. The van der Waals surface area contributed by atoms with Crippen molar-refractivity contribution in [2.75, 3.05) is 32.4 Å². The Morgan fingerprint density at radius 1 is 1.29 bits per heavy atom. The number of sulfonamides is 1. The molecule has 9 heteroatoms. The van der Waals surface area contributed by atoms with E-state index >= 15 is 0 Å². The van der Waals surface area contributed by atoms with Gasteiger partial charge in [0, 0.05) is 26.2 Å². The van der Waals surface area contributed by atoms with Gasteiger partial charge in [0.15, 0.2) is 5.84 Å². The Balaban J connectivity index is 2.08. The molecule has 1 amide bonds. The number of carbonyl (C=O) groups excluding carboxylic acids is 1. The normalized spacial score (nSPS) is 31.8. The Morgan fingerprint density at radius 2 is 1.81 bits per heavy atom. The third-order valence-electron chi connectivity index (χ3n) is 4.40. The first kappa shape index (κ1) is 16.0. The minimum atomic E-state index is -3.22. The van der Waals surface area contributed by atoms with Crippen LogP contribution in [0.25, 0.3) is 0 Å². The van der Waals surface area contributed by atoms with E-state index in [1.807, 2.05) is 6.92 Å². The molecule has 0 aromatic rings. The van der Waals surface area contributed by atoms with Crippen LogP contribution in [-0.4, -0.2) is 67.0 Å². The number of oxime groups is 1. The molecule has 1 aliphatic carbocycles. The van der Waals surface area contributed by atoms with Crippen LogP contribution in [-0.2, 0) is 14.8 Å². The number of hydrogen-bond donors (Lipinski definition) is 2. The van der Waals surface area contributed by atoms with Gasteiger partial charge >= 0.3 is 0 Å². The molecule has 120 valence electrons. The summed E-state index contributed by atoms with van der Waals surface area (Å²) in [6.45, 7) is 3.25. The van der Waals surface area contributed by atoms with Crippen molar-refractivity contribution in [2.45, 2.75) is 19.8 Å². The first-order valence-electron chi connectivity index (χ1n) is 6.93. The predicted molar refractivity (Wildman–Crippen MR) is 77.2 cm³/mol. The lowest BCUT2D eigenvalue weighted by atomic mass is 9.61. The Labute approximate surface area is 124 Å². The molecule has 0 aromatic heterocycles. The van der Waals surface area contributed by atoms with Crippen LogP contribution in [0.5, 0.6) is 0 Å². The van der Waals surface area contributed by atoms with Gasteiger partial charge in [0.05, 0.1) is 6.26 Å². The monoisotopic (exact) mass is 318 g/mol. The maximum absolute atomic E-state index is 12.7. The average molecular weight is 318 g/mol. The highest BCUT2D eigenvalue weighted by atomic mass is 32.2. The van der Waals surface area contributed by atoms with E-state index < -0.39 is 15.4 Å². The highest BCUT2D eigenvalue weighted by Crippen LogP contribution is 2.47. The van der Waals surface area contributed by atoms with Gasteiger partial charge in [-0.25, -0.2) is 8.42 Å². The molecule has 1 heterocycles. The number of amides is 1. The summed E-state index contributed by atoms with van der Waals surface area (Å²) in [6, 6.07) is 0. The number of nitrogens with zero attached hydrogens (tertiary/aromatic N) is 3. The maximum Gasteiger partial charge on any atom is 0.236 e. The molecule has 1 aliphatic heterocycles. The molecule has 0 aromatic carbocycles. The zero-order valence-corrected chi connectivity index (χ0v) is 13.1. The fraction of sp³-hybridized carbons (Fsp3) is 0.833. The molecule has 2 fully saturated rings. The summed E-state index contributed by atoms with van der Waals surface area (Å²) in [5.74, 6) is 0.145. The third-order valence-corrected chi connectivity index (χ3v) is 5.70. The van der Waals surface area contributed by atoms with Crippen LogP contribution < -0.4 is 5.73 Å². The third kappa shape index (κ3) is 2.84. The molecule has 3 N–H and O–H groups in total. The first-order chi connectivity index (χ1) is 9.70. The molecule has 0 spiro atoms. The van der Waals surface area contributed by atoms with E-state index in [1.54, 1.807) is 4.90 Å². The summed E-state index contributed by atoms with van der Waals surface area (Å²) in [7, 11) is -3.22. The molecular formula is C12H22N4O4S. The van der Waals surface area contributed by atoms with E-state index in [0.29, 0.717) is 31.8 Å². The molecular weight excluding hydrogens is 296 g/mol. The van der Waals surface area contributed by atoms with E-state index in [9.17, 15) is 13.2 Å². The smallest absolute Gasteiger partial charge is 0.236 e. The van der Waals surface area contributed by atoms with Crippen LogP contribution in [0.2, 0.25) is 0 Å². The summed E-state index contributed by atoms with van der Waals surface area (Å²) < 4.78 is 24.3. The van der Waals surface area contributed by atoms with Crippen molar-refractivity contribution in [1.82, 2.24) is 9.21 Å². The summed E-state index contributed by atoms with van der Waals surface area (Å²) in [5, 5.41) is 12.0. The topological polar surface area (TPSA) is 116 Å². The highest BCUT2D eigenvalue weighted by Gasteiger charge is 2.54. The van der Waals surface area contributed by atoms with Crippen LogP contribution in [0, 0.1) is 11.3 Å². The summed E-state index contributed by atoms with van der Waals surface area (Å²) in [4.78, 5) is 14.3. The van der Waals surface area contributed by atoms with Crippen LogP contribution >= 0.6 is 0 Å².